The number of carboxylic acids is 1. The summed E-state index contributed by atoms with van der Waals surface area (Å²) >= 11 is 0. The second-order valence-corrected chi connectivity index (χ2v) is 6.35. The summed E-state index contributed by atoms with van der Waals surface area (Å²) in [6.45, 7) is 3.31. The molecule has 2 fully saturated rings. The van der Waals surface area contributed by atoms with E-state index in [9.17, 15) is 14.7 Å². The maximum Gasteiger partial charge on any atom is 0.307 e. The zero-order valence-electron chi connectivity index (χ0n) is 12.4. The Balaban J connectivity index is 2.07. The molecule has 0 bridgehead atoms. The van der Waals surface area contributed by atoms with Gasteiger partial charge in [-0.25, -0.2) is 0 Å². The number of carbonyl (C=O) groups is 2. The Labute approximate surface area is 120 Å². The molecular formula is C15H25NO4. The van der Waals surface area contributed by atoms with E-state index in [4.69, 9.17) is 4.74 Å². The first-order valence-corrected chi connectivity index (χ1v) is 7.53. The predicted octanol–water partition coefficient (Wildman–Crippen LogP) is 1.90. The lowest BCUT2D eigenvalue weighted by atomic mass is 9.78. The Kier molecular flexibility index (Phi) is 4.68. The highest BCUT2D eigenvalue weighted by Crippen LogP contribution is 2.33. The van der Waals surface area contributed by atoms with E-state index in [1.165, 1.54) is 0 Å². The predicted molar refractivity (Wildman–Crippen MR) is 74.3 cm³/mol. The number of amides is 1. The first-order valence-electron chi connectivity index (χ1n) is 7.53. The highest BCUT2D eigenvalue weighted by atomic mass is 16.5. The molecule has 5 heteroatoms. The van der Waals surface area contributed by atoms with Gasteiger partial charge in [0, 0.05) is 20.2 Å². The van der Waals surface area contributed by atoms with Crippen LogP contribution in [0, 0.1) is 11.8 Å². The van der Waals surface area contributed by atoms with Crippen LogP contribution in [0.5, 0.6) is 0 Å². The summed E-state index contributed by atoms with van der Waals surface area (Å²) in [5, 5.41) is 9.31. The average molecular weight is 283 g/mol. The number of rotatable bonds is 3. The molecule has 1 amide bonds. The number of hydrogen-bond acceptors (Lipinski definition) is 3. The van der Waals surface area contributed by atoms with Crippen molar-refractivity contribution in [2.45, 2.75) is 51.0 Å². The second-order valence-electron chi connectivity index (χ2n) is 6.35. The topological polar surface area (TPSA) is 66.8 Å². The number of nitrogens with zero attached hydrogens (tertiary/aromatic N) is 1. The van der Waals surface area contributed by atoms with Crippen molar-refractivity contribution in [3.8, 4) is 0 Å². The Morgan fingerprint density at radius 1 is 1.20 bits per heavy atom. The third-order valence-corrected chi connectivity index (χ3v) is 4.86. The number of carboxylic acid groups (broad SMARTS) is 1. The summed E-state index contributed by atoms with van der Waals surface area (Å²) in [6, 6.07) is 0. The molecule has 1 saturated heterocycles. The molecule has 1 aliphatic heterocycles. The summed E-state index contributed by atoms with van der Waals surface area (Å²) in [4.78, 5) is 25.8. The zero-order valence-corrected chi connectivity index (χ0v) is 12.4. The second kappa shape index (κ2) is 6.12. The quantitative estimate of drug-likeness (QED) is 0.859. The van der Waals surface area contributed by atoms with Crippen molar-refractivity contribution in [2.75, 3.05) is 20.2 Å². The summed E-state index contributed by atoms with van der Waals surface area (Å²) in [5.41, 5.74) is -0.290. The fourth-order valence-electron chi connectivity index (χ4n) is 3.52. The molecule has 1 saturated carbocycles. The van der Waals surface area contributed by atoms with Crippen LogP contribution in [0.4, 0.5) is 0 Å². The van der Waals surface area contributed by atoms with Crippen LogP contribution in [0.25, 0.3) is 0 Å². The molecule has 2 rings (SSSR count). The highest BCUT2D eigenvalue weighted by molar-refractivity contribution is 5.85. The zero-order chi connectivity index (χ0) is 14.8. The minimum atomic E-state index is -0.824. The smallest absolute Gasteiger partial charge is 0.307 e. The normalized spacial score (nSPS) is 34.8. The summed E-state index contributed by atoms with van der Waals surface area (Å²) in [7, 11) is 1.68. The molecule has 0 spiro atoms. The van der Waals surface area contributed by atoms with Crippen molar-refractivity contribution in [1.29, 1.82) is 0 Å². The van der Waals surface area contributed by atoms with Crippen molar-refractivity contribution in [1.82, 2.24) is 4.90 Å². The van der Waals surface area contributed by atoms with Crippen molar-refractivity contribution in [2.24, 2.45) is 11.8 Å². The number of aliphatic carboxylic acids is 1. The number of ether oxygens (including phenoxy) is 1. The molecule has 3 unspecified atom stereocenters. The van der Waals surface area contributed by atoms with Gasteiger partial charge in [0.15, 0.2) is 0 Å². The molecule has 114 valence electrons. The SMILES string of the molecule is COC1(C)CCCN(C(=O)C2CCCCC2C(=O)O)C1. The lowest BCUT2D eigenvalue weighted by molar-refractivity contribution is -0.155. The van der Waals surface area contributed by atoms with E-state index < -0.39 is 11.9 Å². The van der Waals surface area contributed by atoms with Gasteiger partial charge in [-0.15, -0.1) is 0 Å². The lowest BCUT2D eigenvalue weighted by Crippen LogP contribution is -2.52. The van der Waals surface area contributed by atoms with Gasteiger partial charge in [0.2, 0.25) is 5.91 Å². The van der Waals surface area contributed by atoms with Crippen molar-refractivity contribution < 1.29 is 19.4 Å². The molecule has 0 aromatic rings. The van der Waals surface area contributed by atoms with E-state index in [2.05, 4.69) is 0 Å². The standard InChI is InChI=1S/C15H25NO4/c1-15(20-2)8-5-9-16(10-15)13(17)11-6-3-4-7-12(11)14(18)19/h11-12H,3-10H2,1-2H3,(H,18,19). The van der Waals surface area contributed by atoms with Crippen LogP contribution in [0.3, 0.4) is 0 Å². The summed E-state index contributed by atoms with van der Waals surface area (Å²) in [6.07, 6.45) is 5.06. The van der Waals surface area contributed by atoms with Crippen LogP contribution < -0.4 is 0 Å². The number of methoxy groups -OCH3 is 1. The third-order valence-electron chi connectivity index (χ3n) is 4.86. The molecule has 1 aliphatic carbocycles. The molecule has 0 aromatic heterocycles. The van der Waals surface area contributed by atoms with Gasteiger partial charge in [-0.3, -0.25) is 9.59 Å². The summed E-state index contributed by atoms with van der Waals surface area (Å²) < 4.78 is 5.51. The Morgan fingerprint density at radius 2 is 1.85 bits per heavy atom. The first kappa shape index (κ1) is 15.3. The van der Waals surface area contributed by atoms with Crippen LogP contribution in [-0.2, 0) is 14.3 Å². The van der Waals surface area contributed by atoms with Gasteiger partial charge in [0.05, 0.1) is 17.4 Å². The minimum absolute atomic E-state index is 0.0140. The van der Waals surface area contributed by atoms with Crippen molar-refractivity contribution >= 4 is 11.9 Å². The Hall–Kier alpha value is -1.10. The molecule has 3 atom stereocenters. The van der Waals surface area contributed by atoms with Gasteiger partial charge in [-0.05, 0) is 32.6 Å². The molecule has 5 nitrogen and oxygen atoms in total. The van der Waals surface area contributed by atoms with Crippen molar-refractivity contribution in [3.63, 3.8) is 0 Å². The number of likely N-dealkylation sites (tertiary alicyclic amines) is 1. The van der Waals surface area contributed by atoms with E-state index in [1.54, 1.807) is 7.11 Å². The van der Waals surface area contributed by atoms with E-state index in [1.807, 2.05) is 11.8 Å². The Morgan fingerprint density at radius 3 is 2.45 bits per heavy atom. The van der Waals surface area contributed by atoms with E-state index in [0.29, 0.717) is 19.4 Å². The van der Waals surface area contributed by atoms with Crippen LogP contribution in [0.2, 0.25) is 0 Å². The van der Waals surface area contributed by atoms with Gasteiger partial charge in [-0.2, -0.15) is 0 Å². The number of piperidine rings is 1. The van der Waals surface area contributed by atoms with Crippen LogP contribution in [0.1, 0.15) is 45.4 Å². The molecule has 2 aliphatic rings. The average Bonchev–Trinajstić information content (AvgIpc) is 2.46. The molecule has 20 heavy (non-hydrogen) atoms. The fourth-order valence-corrected chi connectivity index (χ4v) is 3.52. The maximum atomic E-state index is 12.7. The lowest BCUT2D eigenvalue weighted by Gasteiger charge is -2.42. The van der Waals surface area contributed by atoms with E-state index >= 15 is 0 Å². The minimum Gasteiger partial charge on any atom is -0.481 e. The van der Waals surface area contributed by atoms with E-state index in [0.717, 1.165) is 32.2 Å². The fraction of sp³-hybridized carbons (Fsp3) is 0.867. The molecule has 0 aromatic carbocycles. The van der Waals surface area contributed by atoms with Crippen LogP contribution in [-0.4, -0.2) is 47.7 Å². The van der Waals surface area contributed by atoms with Crippen LogP contribution in [0.15, 0.2) is 0 Å². The van der Waals surface area contributed by atoms with Gasteiger partial charge in [-0.1, -0.05) is 12.8 Å². The first-order chi connectivity index (χ1) is 9.47. The van der Waals surface area contributed by atoms with Gasteiger partial charge >= 0.3 is 5.97 Å². The van der Waals surface area contributed by atoms with Crippen molar-refractivity contribution in [3.05, 3.63) is 0 Å². The van der Waals surface area contributed by atoms with Crippen LogP contribution >= 0.6 is 0 Å². The number of hydrogen-bond donors (Lipinski definition) is 1. The van der Waals surface area contributed by atoms with Gasteiger partial charge in [0.25, 0.3) is 0 Å². The molecular weight excluding hydrogens is 258 g/mol. The van der Waals surface area contributed by atoms with Gasteiger partial charge < -0.3 is 14.7 Å². The molecule has 0 radical (unpaired) electrons. The Bertz CT molecular complexity index is 384. The maximum absolute atomic E-state index is 12.7. The van der Waals surface area contributed by atoms with Gasteiger partial charge in [0.1, 0.15) is 0 Å². The molecule has 1 N–H and O–H groups in total. The summed E-state index contributed by atoms with van der Waals surface area (Å²) in [5.74, 6) is -1.66. The number of carbonyl (C=O) groups excluding carboxylic acids is 1. The third kappa shape index (κ3) is 3.14. The highest BCUT2D eigenvalue weighted by Gasteiger charge is 2.41. The van der Waals surface area contributed by atoms with E-state index in [-0.39, 0.29) is 17.4 Å². The molecule has 1 heterocycles. The largest absolute Gasteiger partial charge is 0.481 e. The monoisotopic (exact) mass is 283 g/mol.